The van der Waals surface area contributed by atoms with Gasteiger partial charge in [0.05, 0.1) is 19.2 Å². The molecule has 0 radical (unpaired) electrons. The Morgan fingerprint density at radius 1 is 1.21 bits per heavy atom. The minimum absolute atomic E-state index is 0.0202. The van der Waals surface area contributed by atoms with Gasteiger partial charge in [-0.05, 0) is 65.8 Å². The number of nitrogens with two attached hydrogens (primary N) is 1. The number of nitrogen functional groups attached to an aromatic ring is 1. The molecule has 2 aromatic heterocycles. The lowest BCUT2D eigenvalue weighted by Crippen LogP contribution is -2.49. The maximum atomic E-state index is 14.2. The molecule has 3 unspecified atom stereocenters. The van der Waals surface area contributed by atoms with E-state index < -0.39 is 65.5 Å². The van der Waals surface area contributed by atoms with Crippen molar-refractivity contribution in [3.8, 4) is 5.75 Å². The Kier molecular flexibility index (Phi) is 10.2. The van der Waals surface area contributed by atoms with Gasteiger partial charge in [-0.25, -0.2) is 18.0 Å². The van der Waals surface area contributed by atoms with Crippen LogP contribution in [0.4, 0.5) is 11.8 Å². The fraction of sp³-hybridized carbons (Fsp3) is 0.538. The number of carbonyl (C=O) groups is 1. The van der Waals surface area contributed by atoms with Gasteiger partial charge in [-0.1, -0.05) is 11.6 Å². The van der Waals surface area contributed by atoms with Crippen molar-refractivity contribution in [1.82, 2.24) is 29.4 Å². The zero-order chi connectivity index (χ0) is 35.2. The number of carbonyl (C=O) groups excluding carboxylic acids is 1. The normalized spacial score (nSPS) is 23.4. The molecule has 4 rings (SSSR count). The second-order valence-corrected chi connectivity index (χ2v) is 16.4. The number of hydrogen-bond donors (Lipinski definition) is 6. The van der Waals surface area contributed by atoms with Crippen molar-refractivity contribution in [3.05, 3.63) is 35.6 Å². The first-order valence-corrected chi connectivity index (χ1v) is 17.8. The van der Waals surface area contributed by atoms with E-state index in [1.165, 1.54) is 55.9 Å². The molecule has 0 bridgehead atoms. The van der Waals surface area contributed by atoms with Crippen LogP contribution < -0.4 is 25.6 Å². The van der Waals surface area contributed by atoms with Crippen LogP contribution in [0.25, 0.3) is 11.2 Å². The van der Waals surface area contributed by atoms with Gasteiger partial charge in [0.1, 0.15) is 34.7 Å². The molecule has 0 spiro atoms. The Morgan fingerprint density at radius 3 is 2.45 bits per heavy atom. The third-order valence-corrected chi connectivity index (χ3v) is 9.07. The number of aliphatic hydroxyl groups excluding tert-OH is 1. The monoisotopic (exact) mass is 720 g/mol. The number of nitrogens with zero attached hydrogens (tertiary/aromatic N) is 4. The Bertz CT molecular complexity index is 1780. The molecule has 0 amide bonds. The van der Waals surface area contributed by atoms with E-state index in [-0.39, 0.29) is 28.7 Å². The molecule has 18 nitrogen and oxygen atoms in total. The average molecular weight is 721 g/mol. The topological polar surface area (TPSA) is 251 Å². The number of ether oxygens (including phenoxy) is 2. The van der Waals surface area contributed by atoms with Gasteiger partial charge in [-0.2, -0.15) is 15.1 Å². The van der Waals surface area contributed by atoms with E-state index in [0.29, 0.717) is 5.02 Å². The van der Waals surface area contributed by atoms with Crippen LogP contribution in [0, 0.1) is 0 Å². The number of fused-ring (bicyclic) bond motifs is 1. The van der Waals surface area contributed by atoms with Crippen LogP contribution in [0.15, 0.2) is 30.6 Å². The third kappa shape index (κ3) is 8.87. The third-order valence-electron chi connectivity index (χ3n) is 6.57. The lowest BCUT2D eigenvalue weighted by molar-refractivity contribution is -0.161. The van der Waals surface area contributed by atoms with E-state index in [1.807, 2.05) is 0 Å². The number of hydrogen-bond acceptors (Lipinski definition) is 15. The summed E-state index contributed by atoms with van der Waals surface area (Å²) in [5.74, 6) is -1.02. The van der Waals surface area contributed by atoms with Crippen LogP contribution in [-0.4, -0.2) is 85.9 Å². The van der Waals surface area contributed by atoms with Crippen LogP contribution in [0.3, 0.4) is 0 Å². The van der Waals surface area contributed by atoms with Gasteiger partial charge < -0.3 is 29.9 Å². The van der Waals surface area contributed by atoms with Gasteiger partial charge in [-0.15, -0.1) is 4.83 Å². The van der Waals surface area contributed by atoms with Gasteiger partial charge in [-0.3, -0.25) is 19.3 Å². The molecular weight excluding hydrogens is 683 g/mol. The van der Waals surface area contributed by atoms with Gasteiger partial charge in [0, 0.05) is 5.02 Å². The second kappa shape index (κ2) is 13.1. The smallest absolute Gasteiger partial charge is 0.459 e. The number of anilines is 2. The lowest BCUT2D eigenvalue weighted by atomic mass is 9.96. The second-order valence-electron chi connectivity index (χ2n) is 12.5. The van der Waals surface area contributed by atoms with Crippen molar-refractivity contribution in [2.75, 3.05) is 24.0 Å². The molecule has 7 N–H and O–H groups in total. The summed E-state index contributed by atoms with van der Waals surface area (Å²) in [7, 11) is -8.15. The predicted octanol–water partition coefficient (Wildman–Crippen LogP) is 1.86. The molecule has 3 aromatic rings. The van der Waals surface area contributed by atoms with Gasteiger partial charge in [0.2, 0.25) is 16.0 Å². The molecule has 1 aromatic carbocycles. The van der Waals surface area contributed by atoms with Crippen molar-refractivity contribution in [1.29, 1.82) is 0 Å². The van der Waals surface area contributed by atoms with Gasteiger partial charge in [0.15, 0.2) is 23.2 Å². The minimum atomic E-state index is -4.46. The summed E-state index contributed by atoms with van der Waals surface area (Å²) >= 11 is 5.97. The first kappa shape index (κ1) is 36.7. The Labute approximate surface area is 275 Å². The van der Waals surface area contributed by atoms with Crippen molar-refractivity contribution in [2.45, 2.75) is 76.7 Å². The van der Waals surface area contributed by atoms with Crippen molar-refractivity contribution >= 4 is 58.3 Å². The van der Waals surface area contributed by atoms with E-state index in [0.717, 1.165) is 6.26 Å². The molecule has 0 saturated carbocycles. The molecular formula is C26H38ClN8O10PS. The number of rotatable bonds is 12. The van der Waals surface area contributed by atoms with E-state index >= 15 is 0 Å². The zero-order valence-electron chi connectivity index (χ0n) is 26.6. The molecule has 21 heteroatoms. The van der Waals surface area contributed by atoms with E-state index in [2.05, 4.69) is 30.3 Å². The fourth-order valence-corrected chi connectivity index (χ4v) is 6.48. The average Bonchev–Trinajstić information content (AvgIpc) is 3.43. The largest absolute Gasteiger partial charge is 0.459 e. The summed E-state index contributed by atoms with van der Waals surface area (Å²) in [4.78, 5) is 27.3. The first-order valence-electron chi connectivity index (χ1n) is 14.0. The summed E-state index contributed by atoms with van der Waals surface area (Å²) in [6.07, 6.45) is -2.16. The molecule has 0 aliphatic carbocycles. The number of imidazole rings is 1. The standard InChI is InChI=1S/C26H38ClN8O10PS/c1-24(2,3)44-22(37)25(4,5)33-46(39,45-15-10-8-14(27)9-11-15)42-12-16-18(36)26(6,38)21(43-16)35-13-29-17-19(32-34-47(7,40)41)30-23(28)31-20(17)35/h8-11,13,16,18,21,34,36,38H,12H2,1-7H3,(H,33,39)(H3,28,30,31,32)/t16?,18-,21?,26-,46?/m1/s1. The summed E-state index contributed by atoms with van der Waals surface area (Å²) in [5, 5.41) is 25.5. The summed E-state index contributed by atoms with van der Waals surface area (Å²) < 4.78 is 61.5. The molecule has 260 valence electrons. The number of aliphatic hydroxyl groups is 2. The van der Waals surface area contributed by atoms with E-state index in [9.17, 15) is 28.0 Å². The van der Waals surface area contributed by atoms with Gasteiger partial charge in [0.25, 0.3) is 0 Å². The predicted molar refractivity (Wildman–Crippen MR) is 171 cm³/mol. The Balaban J connectivity index is 1.60. The summed E-state index contributed by atoms with van der Waals surface area (Å²) in [5.41, 5.74) is 3.86. The molecule has 3 heterocycles. The number of esters is 1. The maximum Gasteiger partial charge on any atom is 0.459 e. The van der Waals surface area contributed by atoms with Crippen molar-refractivity contribution in [3.63, 3.8) is 0 Å². The number of aromatic nitrogens is 4. The molecule has 5 atom stereocenters. The van der Waals surface area contributed by atoms with Gasteiger partial charge >= 0.3 is 13.7 Å². The summed E-state index contributed by atoms with van der Waals surface area (Å²) in [6.45, 7) is 8.57. The highest BCUT2D eigenvalue weighted by Crippen LogP contribution is 2.48. The van der Waals surface area contributed by atoms with Crippen molar-refractivity contribution in [2.24, 2.45) is 0 Å². The van der Waals surface area contributed by atoms with Crippen LogP contribution in [0.1, 0.15) is 47.8 Å². The lowest BCUT2D eigenvalue weighted by Gasteiger charge is -2.32. The number of nitrogens with one attached hydrogen (secondary N) is 3. The highest BCUT2D eigenvalue weighted by Gasteiger charge is 2.54. The fourth-order valence-electron chi connectivity index (χ4n) is 4.39. The first-order chi connectivity index (χ1) is 21.5. The molecule has 1 aliphatic rings. The van der Waals surface area contributed by atoms with E-state index in [4.69, 9.17) is 35.9 Å². The molecule has 1 aliphatic heterocycles. The van der Waals surface area contributed by atoms with Crippen LogP contribution in [0.2, 0.25) is 5.02 Å². The van der Waals surface area contributed by atoms with Crippen LogP contribution >= 0.6 is 19.3 Å². The van der Waals surface area contributed by atoms with Crippen LogP contribution in [-0.2, 0) is 33.4 Å². The van der Waals surface area contributed by atoms with E-state index in [1.54, 1.807) is 20.8 Å². The number of halogens is 1. The quantitative estimate of drug-likeness (QED) is 0.0887. The highest BCUT2D eigenvalue weighted by atomic mass is 35.5. The minimum Gasteiger partial charge on any atom is -0.459 e. The van der Waals surface area contributed by atoms with Crippen LogP contribution in [0.5, 0.6) is 5.75 Å². The molecule has 1 fully saturated rings. The SMILES string of the molecule is CC(C)(C)OC(=O)C(C)(C)NP(=O)(OCC1OC(n2cnc3c(NNS(C)(=O)=O)nc(N)nc32)[C@](C)(O)[C@@H]1O)Oc1ccc(Cl)cc1. The molecule has 47 heavy (non-hydrogen) atoms. The van der Waals surface area contributed by atoms with Crippen molar-refractivity contribution < 1.29 is 46.5 Å². The summed E-state index contributed by atoms with van der Waals surface area (Å²) in [6, 6.07) is 5.87. The molecule has 1 saturated heterocycles. The Hall–Kier alpha value is -3.13. The number of benzene rings is 1. The number of hydrazine groups is 1. The maximum absolute atomic E-state index is 14.2. The zero-order valence-corrected chi connectivity index (χ0v) is 29.1. The number of sulfonamides is 1. The highest BCUT2D eigenvalue weighted by molar-refractivity contribution is 7.88. The Morgan fingerprint density at radius 2 is 1.85 bits per heavy atom.